The Balaban J connectivity index is 2.95. The van der Waals surface area contributed by atoms with Crippen molar-refractivity contribution in [2.75, 3.05) is 0 Å². The van der Waals surface area contributed by atoms with E-state index in [9.17, 15) is 4.79 Å². The molecule has 0 spiro atoms. The monoisotopic (exact) mass is 166 g/mol. The summed E-state index contributed by atoms with van der Waals surface area (Å²) in [5.74, 6) is 0. The summed E-state index contributed by atoms with van der Waals surface area (Å²) in [7, 11) is 0. The fraction of sp³-hybridized carbons (Fsp3) is 0.444. The van der Waals surface area contributed by atoms with Crippen LogP contribution >= 0.6 is 0 Å². The molecule has 0 fully saturated rings. The first kappa shape index (κ1) is 8.84. The molecule has 0 saturated heterocycles. The summed E-state index contributed by atoms with van der Waals surface area (Å²) in [5, 5.41) is 2.61. The number of allylic oxidation sites excluding steroid dienone is 1. The van der Waals surface area contributed by atoms with Crippen LogP contribution in [-0.2, 0) is 0 Å². The number of hydrogen-bond acceptors (Lipinski definition) is 1. The predicted molar refractivity (Wildman–Crippen MR) is 48.4 cm³/mol. The second-order valence-electron chi connectivity index (χ2n) is 3.78. The largest absolute Gasteiger partial charge is 0.326 e. The summed E-state index contributed by atoms with van der Waals surface area (Å²) in [4.78, 5) is 13.0. The summed E-state index contributed by atoms with van der Waals surface area (Å²) in [5.41, 5.74) is 0.512. The zero-order valence-corrected chi connectivity index (χ0v) is 7.72. The normalized spacial score (nSPS) is 18.1. The maximum absolute atomic E-state index is 11.4. The average Bonchev–Trinajstić information content (AvgIpc) is 1.82. The minimum atomic E-state index is -0.216. The highest BCUT2D eigenvalue weighted by Crippen LogP contribution is 2.21. The second-order valence-corrected chi connectivity index (χ2v) is 3.78. The van der Waals surface area contributed by atoms with Gasteiger partial charge in [-0.05, 0) is 26.8 Å². The maximum Gasteiger partial charge on any atom is 0.326 e. The van der Waals surface area contributed by atoms with Gasteiger partial charge in [0.25, 0.3) is 0 Å². The Morgan fingerprint density at radius 2 is 2.08 bits per heavy atom. The molecule has 0 saturated carbocycles. The molecule has 3 heteroatoms. The van der Waals surface area contributed by atoms with Crippen molar-refractivity contribution in [1.29, 1.82) is 0 Å². The molecule has 0 aromatic carbocycles. The molecular weight excluding hydrogens is 152 g/mol. The van der Waals surface area contributed by atoms with Crippen LogP contribution in [0.5, 0.6) is 0 Å². The fourth-order valence-corrected chi connectivity index (χ4v) is 1.21. The lowest BCUT2D eigenvalue weighted by atomic mass is 10.1. The molecular formula is C9H14N2O. The molecule has 2 amide bonds. The molecule has 0 unspecified atom stereocenters. The van der Waals surface area contributed by atoms with E-state index >= 15 is 0 Å². The summed E-state index contributed by atoms with van der Waals surface area (Å²) in [6.45, 7) is 9.70. The van der Waals surface area contributed by atoms with Gasteiger partial charge in [0.1, 0.15) is 0 Å². The number of rotatable bonds is 0. The van der Waals surface area contributed by atoms with E-state index in [4.69, 9.17) is 0 Å². The average molecular weight is 166 g/mol. The van der Waals surface area contributed by atoms with Gasteiger partial charge in [0.2, 0.25) is 0 Å². The molecule has 0 bridgehead atoms. The van der Waals surface area contributed by atoms with E-state index in [1.165, 1.54) is 0 Å². The molecule has 0 atom stereocenters. The molecule has 0 radical (unpaired) electrons. The van der Waals surface area contributed by atoms with Crippen LogP contribution < -0.4 is 5.32 Å². The molecule has 1 rings (SSSR count). The van der Waals surface area contributed by atoms with E-state index in [-0.39, 0.29) is 11.6 Å². The third-order valence-electron chi connectivity index (χ3n) is 1.64. The standard InChI is InChI=1S/C9H14N2O/c1-7-5-6-10-8(12)11(7)9(2,3)4/h5-6H,1H2,2-4H3,(H,10,12). The van der Waals surface area contributed by atoms with Gasteiger partial charge in [-0.3, -0.25) is 4.90 Å². The minimum Gasteiger partial charge on any atom is -0.314 e. The third kappa shape index (κ3) is 1.49. The summed E-state index contributed by atoms with van der Waals surface area (Å²) in [6, 6.07) is -0.116. The van der Waals surface area contributed by atoms with Crippen molar-refractivity contribution in [1.82, 2.24) is 10.2 Å². The van der Waals surface area contributed by atoms with Gasteiger partial charge in [-0.1, -0.05) is 6.58 Å². The molecule has 66 valence electrons. The molecule has 1 aliphatic heterocycles. The highest BCUT2D eigenvalue weighted by atomic mass is 16.2. The predicted octanol–water partition coefficient (Wildman–Crippen LogP) is 1.84. The number of nitrogens with zero attached hydrogens (tertiary/aromatic N) is 1. The van der Waals surface area contributed by atoms with Gasteiger partial charge >= 0.3 is 6.03 Å². The van der Waals surface area contributed by atoms with Crippen molar-refractivity contribution in [3.8, 4) is 0 Å². The van der Waals surface area contributed by atoms with Gasteiger partial charge in [0.05, 0.1) is 0 Å². The van der Waals surface area contributed by atoms with Crippen molar-refractivity contribution < 1.29 is 4.79 Å². The smallest absolute Gasteiger partial charge is 0.314 e. The number of hydrogen-bond donors (Lipinski definition) is 1. The zero-order chi connectivity index (χ0) is 9.35. The van der Waals surface area contributed by atoms with Gasteiger partial charge in [-0.25, -0.2) is 4.79 Å². The first-order chi connectivity index (χ1) is 5.43. The molecule has 0 aromatic rings. The number of carbonyl (C=O) groups is 1. The van der Waals surface area contributed by atoms with E-state index in [0.29, 0.717) is 0 Å². The lowest BCUT2D eigenvalue weighted by Crippen LogP contribution is -2.49. The number of amides is 2. The van der Waals surface area contributed by atoms with Crippen LogP contribution in [0, 0.1) is 0 Å². The zero-order valence-electron chi connectivity index (χ0n) is 7.72. The molecule has 1 N–H and O–H groups in total. The Morgan fingerprint density at radius 1 is 1.50 bits per heavy atom. The van der Waals surface area contributed by atoms with Gasteiger partial charge in [0.15, 0.2) is 0 Å². The van der Waals surface area contributed by atoms with Gasteiger partial charge in [-0.15, -0.1) is 0 Å². The van der Waals surface area contributed by atoms with Crippen LogP contribution in [0.25, 0.3) is 0 Å². The molecule has 12 heavy (non-hydrogen) atoms. The van der Waals surface area contributed by atoms with Crippen LogP contribution in [0.15, 0.2) is 24.6 Å². The SMILES string of the molecule is C=C1C=CNC(=O)N1C(C)(C)C. The van der Waals surface area contributed by atoms with Crippen LogP contribution in [0.2, 0.25) is 0 Å². The number of nitrogens with one attached hydrogen (secondary N) is 1. The van der Waals surface area contributed by atoms with E-state index < -0.39 is 0 Å². The summed E-state index contributed by atoms with van der Waals surface area (Å²) in [6.07, 6.45) is 3.39. The second kappa shape index (κ2) is 2.66. The van der Waals surface area contributed by atoms with Crippen molar-refractivity contribution in [2.24, 2.45) is 0 Å². The molecule has 1 heterocycles. The topological polar surface area (TPSA) is 32.3 Å². The first-order valence-electron chi connectivity index (χ1n) is 3.89. The highest BCUT2D eigenvalue weighted by Gasteiger charge is 2.28. The van der Waals surface area contributed by atoms with E-state index in [0.717, 1.165) is 5.70 Å². The maximum atomic E-state index is 11.4. The van der Waals surface area contributed by atoms with E-state index in [2.05, 4.69) is 11.9 Å². The molecule has 1 aliphatic rings. The Bertz CT molecular complexity index is 248. The summed E-state index contributed by atoms with van der Waals surface area (Å²) < 4.78 is 0. The third-order valence-corrected chi connectivity index (χ3v) is 1.64. The van der Waals surface area contributed by atoms with Gasteiger partial charge in [0, 0.05) is 17.4 Å². The lowest BCUT2D eigenvalue weighted by Gasteiger charge is -2.37. The van der Waals surface area contributed by atoms with Crippen LogP contribution in [0.4, 0.5) is 4.79 Å². The van der Waals surface area contributed by atoms with Crippen LogP contribution in [0.3, 0.4) is 0 Å². The van der Waals surface area contributed by atoms with E-state index in [1.807, 2.05) is 20.8 Å². The Kier molecular flexibility index (Phi) is 1.96. The Hall–Kier alpha value is -1.25. The quantitative estimate of drug-likeness (QED) is 0.585. The molecule has 0 aliphatic carbocycles. The van der Waals surface area contributed by atoms with Crippen LogP contribution in [-0.4, -0.2) is 16.5 Å². The fourth-order valence-electron chi connectivity index (χ4n) is 1.21. The summed E-state index contributed by atoms with van der Waals surface area (Å²) >= 11 is 0. The minimum absolute atomic E-state index is 0.116. The molecule has 3 nitrogen and oxygen atoms in total. The van der Waals surface area contributed by atoms with Crippen molar-refractivity contribution in [2.45, 2.75) is 26.3 Å². The van der Waals surface area contributed by atoms with Crippen molar-refractivity contribution in [3.05, 3.63) is 24.6 Å². The van der Waals surface area contributed by atoms with Gasteiger partial charge in [-0.2, -0.15) is 0 Å². The van der Waals surface area contributed by atoms with Crippen molar-refractivity contribution >= 4 is 6.03 Å². The number of carbonyl (C=O) groups excluding carboxylic acids is 1. The number of urea groups is 1. The molecule has 0 aromatic heterocycles. The van der Waals surface area contributed by atoms with E-state index in [1.54, 1.807) is 17.2 Å². The lowest BCUT2D eigenvalue weighted by molar-refractivity contribution is 0.174. The van der Waals surface area contributed by atoms with Gasteiger partial charge < -0.3 is 5.32 Å². The Labute approximate surface area is 72.7 Å². The van der Waals surface area contributed by atoms with Crippen LogP contribution in [0.1, 0.15) is 20.8 Å². The Morgan fingerprint density at radius 3 is 2.42 bits per heavy atom. The highest BCUT2D eigenvalue weighted by molar-refractivity contribution is 5.80. The van der Waals surface area contributed by atoms with Crippen molar-refractivity contribution in [3.63, 3.8) is 0 Å². The first-order valence-corrected chi connectivity index (χ1v) is 3.89.